The van der Waals surface area contributed by atoms with E-state index in [9.17, 15) is 13.9 Å². The van der Waals surface area contributed by atoms with Crippen LogP contribution in [0.2, 0.25) is 0 Å². The molecule has 1 aliphatic heterocycles. The molecule has 0 unspecified atom stereocenters. The first-order valence-corrected chi connectivity index (χ1v) is 7.68. The number of aliphatic hydroxyl groups is 1. The average molecular weight is 375 g/mol. The fourth-order valence-corrected chi connectivity index (χ4v) is 2.35. The van der Waals surface area contributed by atoms with Gasteiger partial charge >= 0.3 is 7.12 Å². The van der Waals surface area contributed by atoms with E-state index in [1.165, 1.54) is 6.08 Å². The van der Waals surface area contributed by atoms with Crippen LogP contribution in [0.1, 0.15) is 33.3 Å². The Morgan fingerprint density at radius 2 is 1.73 bits per heavy atom. The number of hydrogen-bond donors (Lipinski definition) is 1. The van der Waals surface area contributed by atoms with Crippen LogP contribution in [0, 0.1) is 11.6 Å². The second-order valence-electron chi connectivity index (χ2n) is 6.25. The minimum atomic E-state index is -0.805. The summed E-state index contributed by atoms with van der Waals surface area (Å²) in [5.74, 6) is -1.19. The summed E-state index contributed by atoms with van der Waals surface area (Å²) in [5.41, 5.74) is -0.788. The Balaban J connectivity index is 2.36. The van der Waals surface area contributed by atoms with E-state index in [2.05, 4.69) is 15.9 Å². The first kappa shape index (κ1) is 17.6. The van der Waals surface area contributed by atoms with Gasteiger partial charge in [0.25, 0.3) is 0 Å². The Morgan fingerprint density at radius 1 is 1.18 bits per heavy atom. The minimum Gasteiger partial charge on any atom is -0.400 e. The molecule has 2 rings (SSSR count). The van der Waals surface area contributed by atoms with Gasteiger partial charge < -0.3 is 14.4 Å². The zero-order chi connectivity index (χ0) is 16.7. The number of halogens is 3. The van der Waals surface area contributed by atoms with Gasteiger partial charge in [0.05, 0.1) is 22.3 Å². The minimum absolute atomic E-state index is 0.0273. The molecule has 1 aliphatic rings. The van der Waals surface area contributed by atoms with Gasteiger partial charge in [-0.15, -0.1) is 0 Å². The third kappa shape index (κ3) is 3.27. The topological polar surface area (TPSA) is 38.7 Å². The third-order valence-corrected chi connectivity index (χ3v) is 4.73. The molecule has 3 nitrogen and oxygen atoms in total. The molecule has 0 aromatic heterocycles. The average Bonchev–Trinajstić information content (AvgIpc) is 2.61. The Labute approximate surface area is 137 Å². The van der Waals surface area contributed by atoms with Crippen LogP contribution in [0.5, 0.6) is 0 Å². The largest absolute Gasteiger partial charge is 0.492 e. The fraction of sp³-hybridized carbons (Fsp3) is 0.467. The molecule has 1 aromatic rings. The molecule has 1 heterocycles. The Hall–Kier alpha value is -0.755. The van der Waals surface area contributed by atoms with Gasteiger partial charge in [0, 0.05) is 5.56 Å². The highest BCUT2D eigenvalue weighted by Gasteiger charge is 2.52. The molecule has 1 saturated heterocycles. The fourth-order valence-electron chi connectivity index (χ4n) is 2.03. The smallest absolute Gasteiger partial charge is 0.400 e. The summed E-state index contributed by atoms with van der Waals surface area (Å²) in [4.78, 5) is 0. The molecule has 0 spiro atoms. The standard InChI is InChI=1S/C15H18BBrF2O3/c1-14(2)15(3,4)22-16(21-14)10(8-20)5-9-6-13(19)11(17)7-12(9)18/h5-7,20H,8H2,1-4H3. The summed E-state index contributed by atoms with van der Waals surface area (Å²) in [6, 6.07) is 2.10. The van der Waals surface area contributed by atoms with E-state index in [1.807, 2.05) is 27.7 Å². The van der Waals surface area contributed by atoms with Gasteiger partial charge in [0.2, 0.25) is 0 Å². The van der Waals surface area contributed by atoms with Crippen LogP contribution in [-0.4, -0.2) is 30.0 Å². The second kappa shape index (κ2) is 6.04. The van der Waals surface area contributed by atoms with Gasteiger partial charge in [0.15, 0.2) is 0 Å². The normalized spacial score (nSPS) is 20.5. The lowest BCUT2D eigenvalue weighted by Gasteiger charge is -2.32. The number of benzene rings is 1. The zero-order valence-corrected chi connectivity index (χ0v) is 14.5. The molecular weight excluding hydrogens is 357 g/mol. The molecule has 0 atom stereocenters. The quantitative estimate of drug-likeness (QED) is 0.647. The first-order valence-electron chi connectivity index (χ1n) is 6.89. The number of rotatable bonds is 3. The molecule has 7 heteroatoms. The summed E-state index contributed by atoms with van der Waals surface area (Å²) < 4.78 is 39.1. The van der Waals surface area contributed by atoms with Crippen LogP contribution < -0.4 is 0 Å². The van der Waals surface area contributed by atoms with Crippen LogP contribution in [0.15, 0.2) is 22.1 Å². The van der Waals surface area contributed by atoms with Crippen molar-refractivity contribution in [3.63, 3.8) is 0 Å². The predicted octanol–water partition coefficient (Wildman–Crippen LogP) is 3.73. The number of hydrogen-bond acceptors (Lipinski definition) is 3. The highest BCUT2D eigenvalue weighted by atomic mass is 79.9. The van der Waals surface area contributed by atoms with E-state index < -0.39 is 30.0 Å². The molecule has 120 valence electrons. The van der Waals surface area contributed by atoms with Gasteiger partial charge in [-0.3, -0.25) is 0 Å². The van der Waals surface area contributed by atoms with Gasteiger partial charge in [-0.2, -0.15) is 0 Å². The van der Waals surface area contributed by atoms with Crippen LogP contribution in [0.4, 0.5) is 8.78 Å². The molecule has 0 amide bonds. The SMILES string of the molecule is CC1(C)OB(C(=Cc2cc(F)c(Br)cc2F)CO)OC1(C)C. The molecule has 0 bridgehead atoms. The lowest BCUT2D eigenvalue weighted by atomic mass is 9.77. The van der Waals surface area contributed by atoms with Crippen molar-refractivity contribution in [3.05, 3.63) is 39.3 Å². The maximum atomic E-state index is 13.9. The molecule has 1 N–H and O–H groups in total. The zero-order valence-electron chi connectivity index (χ0n) is 12.9. The highest BCUT2D eigenvalue weighted by molar-refractivity contribution is 9.10. The third-order valence-electron chi connectivity index (χ3n) is 4.12. The molecule has 1 fully saturated rings. The second-order valence-corrected chi connectivity index (χ2v) is 7.11. The van der Waals surface area contributed by atoms with Gasteiger partial charge in [-0.25, -0.2) is 8.78 Å². The van der Waals surface area contributed by atoms with E-state index in [0.717, 1.165) is 12.1 Å². The van der Waals surface area contributed by atoms with E-state index in [0.29, 0.717) is 5.47 Å². The maximum Gasteiger partial charge on any atom is 0.492 e. The first-order chi connectivity index (χ1) is 10.1. The molecule has 0 saturated carbocycles. The lowest BCUT2D eigenvalue weighted by Crippen LogP contribution is -2.41. The molecular formula is C15H18BBrF2O3. The monoisotopic (exact) mass is 374 g/mol. The molecule has 0 aliphatic carbocycles. The Kier molecular flexibility index (Phi) is 4.83. The number of aliphatic hydroxyl groups excluding tert-OH is 1. The maximum absolute atomic E-state index is 13.9. The van der Waals surface area contributed by atoms with E-state index in [-0.39, 0.29) is 16.6 Å². The van der Waals surface area contributed by atoms with Crippen molar-refractivity contribution in [2.45, 2.75) is 38.9 Å². The van der Waals surface area contributed by atoms with Crippen molar-refractivity contribution in [2.24, 2.45) is 0 Å². The summed E-state index contributed by atoms with van der Waals surface area (Å²) in [6.07, 6.45) is 1.35. The van der Waals surface area contributed by atoms with Crippen molar-refractivity contribution in [1.29, 1.82) is 0 Å². The lowest BCUT2D eigenvalue weighted by molar-refractivity contribution is 0.00578. The van der Waals surface area contributed by atoms with Crippen molar-refractivity contribution in [1.82, 2.24) is 0 Å². The Morgan fingerprint density at radius 3 is 2.23 bits per heavy atom. The summed E-state index contributed by atoms with van der Waals surface area (Å²) in [7, 11) is -0.805. The molecule has 0 radical (unpaired) electrons. The van der Waals surface area contributed by atoms with Crippen molar-refractivity contribution in [3.8, 4) is 0 Å². The predicted molar refractivity (Wildman–Crippen MR) is 85.2 cm³/mol. The van der Waals surface area contributed by atoms with Crippen LogP contribution in [0.3, 0.4) is 0 Å². The Bertz CT molecular complexity index is 601. The highest BCUT2D eigenvalue weighted by Crippen LogP contribution is 2.38. The van der Waals surface area contributed by atoms with Crippen molar-refractivity contribution in [2.75, 3.05) is 6.61 Å². The van der Waals surface area contributed by atoms with Crippen LogP contribution >= 0.6 is 15.9 Å². The van der Waals surface area contributed by atoms with Gasteiger partial charge in [-0.1, -0.05) is 6.08 Å². The van der Waals surface area contributed by atoms with Gasteiger partial charge in [0.1, 0.15) is 11.6 Å². The summed E-state index contributed by atoms with van der Waals surface area (Å²) in [6.45, 7) is 7.13. The van der Waals surface area contributed by atoms with Crippen LogP contribution in [0.25, 0.3) is 6.08 Å². The van der Waals surface area contributed by atoms with Crippen molar-refractivity contribution < 1.29 is 23.2 Å². The summed E-state index contributed by atoms with van der Waals surface area (Å²) in [5, 5.41) is 9.55. The van der Waals surface area contributed by atoms with Crippen LogP contribution in [-0.2, 0) is 9.31 Å². The molecule has 22 heavy (non-hydrogen) atoms. The van der Waals surface area contributed by atoms with Gasteiger partial charge in [-0.05, 0) is 61.2 Å². The van der Waals surface area contributed by atoms with E-state index in [4.69, 9.17) is 9.31 Å². The van der Waals surface area contributed by atoms with Crippen molar-refractivity contribution >= 4 is 29.1 Å². The molecule has 1 aromatic carbocycles. The summed E-state index contributed by atoms with van der Waals surface area (Å²) >= 11 is 2.93. The van der Waals surface area contributed by atoms with E-state index in [1.54, 1.807) is 0 Å². The van der Waals surface area contributed by atoms with E-state index >= 15 is 0 Å².